The zero-order chi connectivity index (χ0) is 17.0. The summed E-state index contributed by atoms with van der Waals surface area (Å²) >= 11 is 0. The number of aliphatic carboxylic acids is 1. The highest BCUT2D eigenvalue weighted by Gasteiger charge is 2.27. The molecule has 1 aliphatic heterocycles. The molecule has 1 saturated heterocycles. The Bertz CT molecular complexity index is 676. The molecular formula is C14H21N3O5S. The number of amides is 1. The lowest BCUT2D eigenvalue weighted by Gasteiger charge is -2.14. The summed E-state index contributed by atoms with van der Waals surface area (Å²) in [5.41, 5.74) is 0.189. The number of nitrogens with one attached hydrogen (secondary N) is 2. The molecular weight excluding hydrogens is 322 g/mol. The minimum atomic E-state index is -4.00. The molecule has 2 rings (SSSR count). The Labute approximate surface area is 134 Å². The summed E-state index contributed by atoms with van der Waals surface area (Å²) in [5, 5.41) is 9.06. The molecule has 3 N–H and O–H groups in total. The fourth-order valence-corrected chi connectivity index (χ4v) is 3.74. The maximum Gasteiger partial charge on any atom is 0.321 e. The van der Waals surface area contributed by atoms with Gasteiger partial charge in [0.1, 0.15) is 16.6 Å². The molecule has 1 aliphatic rings. The molecule has 0 radical (unpaired) electrons. The van der Waals surface area contributed by atoms with Crippen LogP contribution in [0.3, 0.4) is 0 Å². The smallest absolute Gasteiger partial charge is 0.321 e. The first-order chi connectivity index (χ1) is 10.8. The fraction of sp³-hybridized carbons (Fsp3) is 0.571. The number of hydrogen-bond donors (Lipinski definition) is 3. The molecule has 8 nitrogen and oxygen atoms in total. The number of aromatic amines is 1. The van der Waals surface area contributed by atoms with Crippen LogP contribution in [0.4, 0.5) is 0 Å². The van der Waals surface area contributed by atoms with E-state index in [0.29, 0.717) is 19.5 Å². The first-order valence-corrected chi connectivity index (χ1v) is 9.06. The Morgan fingerprint density at radius 1 is 1.39 bits per heavy atom. The van der Waals surface area contributed by atoms with Gasteiger partial charge in [-0.2, -0.15) is 4.72 Å². The van der Waals surface area contributed by atoms with Gasteiger partial charge in [-0.05, 0) is 25.3 Å². The molecule has 23 heavy (non-hydrogen) atoms. The number of nitrogens with zero attached hydrogens (tertiary/aromatic N) is 1. The van der Waals surface area contributed by atoms with Crippen LogP contribution in [0.5, 0.6) is 0 Å². The first-order valence-electron chi connectivity index (χ1n) is 7.58. The summed E-state index contributed by atoms with van der Waals surface area (Å²) in [7, 11) is -4.00. The summed E-state index contributed by atoms with van der Waals surface area (Å²) < 4.78 is 26.7. The van der Waals surface area contributed by atoms with Crippen LogP contribution in [-0.4, -0.2) is 54.4 Å². The molecule has 0 spiro atoms. The van der Waals surface area contributed by atoms with Crippen molar-refractivity contribution in [1.82, 2.24) is 14.6 Å². The standard InChI is InChI=1S/C14H21N3O5S/c1-2-5-11(14(19)20)16-23(21,22)10-8-12(15-9-10)13(18)17-6-3-4-7-17/h8-9,11,15-16H,2-7H2,1H3,(H,19,20). The number of hydrogen-bond acceptors (Lipinski definition) is 4. The average Bonchev–Trinajstić information content (AvgIpc) is 3.17. The van der Waals surface area contributed by atoms with Crippen molar-refractivity contribution in [2.45, 2.75) is 43.5 Å². The Morgan fingerprint density at radius 2 is 2.04 bits per heavy atom. The van der Waals surface area contributed by atoms with Crippen LogP contribution < -0.4 is 4.72 Å². The topological polar surface area (TPSA) is 120 Å². The minimum absolute atomic E-state index is 0.137. The van der Waals surface area contributed by atoms with Gasteiger partial charge in [-0.3, -0.25) is 9.59 Å². The Hall–Kier alpha value is -1.87. The van der Waals surface area contributed by atoms with Crippen LogP contribution in [-0.2, 0) is 14.8 Å². The second kappa shape index (κ2) is 7.14. The zero-order valence-corrected chi connectivity index (χ0v) is 13.7. The van der Waals surface area contributed by atoms with Crippen LogP contribution in [0.2, 0.25) is 0 Å². The summed E-state index contributed by atoms with van der Waals surface area (Å²) in [5.74, 6) is -1.47. The number of likely N-dealkylation sites (tertiary alicyclic amines) is 1. The lowest BCUT2D eigenvalue weighted by molar-refractivity contribution is -0.139. The summed E-state index contributed by atoms with van der Waals surface area (Å²) in [6.45, 7) is 3.10. The van der Waals surface area contributed by atoms with E-state index in [0.717, 1.165) is 12.8 Å². The highest BCUT2D eigenvalue weighted by Crippen LogP contribution is 2.16. The van der Waals surface area contributed by atoms with Crippen molar-refractivity contribution in [1.29, 1.82) is 0 Å². The number of carboxylic acids is 1. The molecule has 2 heterocycles. The normalized spacial score (nSPS) is 16.5. The Morgan fingerprint density at radius 3 is 2.61 bits per heavy atom. The van der Waals surface area contributed by atoms with E-state index in [1.807, 2.05) is 0 Å². The van der Waals surface area contributed by atoms with E-state index in [1.54, 1.807) is 11.8 Å². The number of carbonyl (C=O) groups is 2. The number of rotatable bonds is 7. The van der Waals surface area contributed by atoms with Gasteiger partial charge in [-0.25, -0.2) is 8.42 Å². The van der Waals surface area contributed by atoms with Gasteiger partial charge in [-0.15, -0.1) is 0 Å². The van der Waals surface area contributed by atoms with Gasteiger partial charge in [0.2, 0.25) is 10.0 Å². The summed E-state index contributed by atoms with van der Waals surface area (Å²) in [4.78, 5) is 27.5. The summed E-state index contributed by atoms with van der Waals surface area (Å²) in [6.07, 6.45) is 3.81. The zero-order valence-electron chi connectivity index (χ0n) is 12.9. The van der Waals surface area contributed by atoms with Crippen LogP contribution in [0.1, 0.15) is 43.1 Å². The van der Waals surface area contributed by atoms with E-state index in [9.17, 15) is 18.0 Å². The van der Waals surface area contributed by atoms with E-state index in [2.05, 4.69) is 9.71 Å². The van der Waals surface area contributed by atoms with Gasteiger partial charge in [0.25, 0.3) is 5.91 Å². The van der Waals surface area contributed by atoms with Crippen LogP contribution >= 0.6 is 0 Å². The van der Waals surface area contributed by atoms with Gasteiger partial charge in [0.15, 0.2) is 0 Å². The predicted octanol–water partition coefficient (Wildman–Crippen LogP) is 0.782. The highest BCUT2D eigenvalue weighted by molar-refractivity contribution is 7.89. The molecule has 0 aromatic carbocycles. The lowest BCUT2D eigenvalue weighted by atomic mass is 10.2. The monoisotopic (exact) mass is 343 g/mol. The average molecular weight is 343 g/mol. The van der Waals surface area contributed by atoms with E-state index in [4.69, 9.17) is 5.11 Å². The predicted molar refractivity (Wildman–Crippen MR) is 82.6 cm³/mol. The van der Waals surface area contributed by atoms with Crippen molar-refractivity contribution in [2.24, 2.45) is 0 Å². The molecule has 1 aromatic heterocycles. The van der Waals surface area contributed by atoms with Crippen LogP contribution in [0, 0.1) is 0 Å². The van der Waals surface area contributed by atoms with Crippen molar-refractivity contribution in [2.75, 3.05) is 13.1 Å². The Kier molecular flexibility index (Phi) is 5.42. The van der Waals surface area contributed by atoms with Crippen LogP contribution in [0.15, 0.2) is 17.2 Å². The molecule has 128 valence electrons. The second-order valence-corrected chi connectivity index (χ2v) is 7.26. The fourth-order valence-electron chi connectivity index (χ4n) is 2.52. The Balaban J connectivity index is 2.14. The summed E-state index contributed by atoms with van der Waals surface area (Å²) in [6, 6.07) is 0.0611. The molecule has 0 aliphatic carbocycles. The van der Waals surface area contributed by atoms with Gasteiger partial charge in [0.05, 0.1) is 0 Å². The lowest BCUT2D eigenvalue weighted by Crippen LogP contribution is -2.40. The van der Waals surface area contributed by atoms with E-state index >= 15 is 0 Å². The second-order valence-electron chi connectivity index (χ2n) is 5.55. The maximum absolute atomic E-state index is 12.3. The highest BCUT2D eigenvalue weighted by atomic mass is 32.2. The number of carboxylic acid groups (broad SMARTS) is 1. The minimum Gasteiger partial charge on any atom is -0.480 e. The third-order valence-corrected chi connectivity index (χ3v) is 5.21. The van der Waals surface area contributed by atoms with Gasteiger partial charge < -0.3 is 15.0 Å². The number of sulfonamides is 1. The van der Waals surface area contributed by atoms with Gasteiger partial charge in [-0.1, -0.05) is 13.3 Å². The molecule has 1 unspecified atom stereocenters. The molecule has 0 saturated carbocycles. The molecule has 1 fully saturated rings. The first kappa shape index (κ1) is 17.5. The SMILES string of the molecule is CCCC(NS(=O)(=O)c1c[nH]c(C(=O)N2CCCC2)c1)C(=O)O. The van der Waals surface area contributed by atoms with E-state index in [-0.39, 0.29) is 22.9 Å². The quantitative estimate of drug-likeness (QED) is 0.676. The van der Waals surface area contributed by atoms with Crippen molar-refractivity contribution in [3.05, 3.63) is 18.0 Å². The van der Waals surface area contributed by atoms with Gasteiger partial charge >= 0.3 is 5.97 Å². The maximum atomic E-state index is 12.3. The molecule has 0 bridgehead atoms. The van der Waals surface area contributed by atoms with Crippen molar-refractivity contribution in [3.63, 3.8) is 0 Å². The largest absolute Gasteiger partial charge is 0.480 e. The number of H-pyrrole nitrogens is 1. The molecule has 1 amide bonds. The third-order valence-electron chi connectivity index (χ3n) is 3.76. The van der Waals surface area contributed by atoms with Crippen molar-refractivity contribution in [3.8, 4) is 0 Å². The van der Waals surface area contributed by atoms with Crippen molar-refractivity contribution >= 4 is 21.9 Å². The van der Waals surface area contributed by atoms with Crippen LogP contribution in [0.25, 0.3) is 0 Å². The molecule has 1 atom stereocenters. The molecule has 9 heteroatoms. The van der Waals surface area contributed by atoms with E-state index < -0.39 is 22.0 Å². The number of carbonyl (C=O) groups excluding carboxylic acids is 1. The van der Waals surface area contributed by atoms with Gasteiger partial charge in [0, 0.05) is 19.3 Å². The third kappa shape index (κ3) is 4.11. The van der Waals surface area contributed by atoms with Crippen molar-refractivity contribution < 1.29 is 23.1 Å². The molecule has 1 aromatic rings. The number of aromatic nitrogens is 1. The van der Waals surface area contributed by atoms with E-state index in [1.165, 1.54) is 12.3 Å².